The van der Waals surface area contributed by atoms with Crippen LogP contribution in [-0.4, -0.2) is 24.2 Å². The fraction of sp³-hybridized carbons (Fsp3) is 0.100. The lowest BCUT2D eigenvalue weighted by atomic mass is 10.3. The molecule has 2 rings (SSSR count). The molecule has 1 aromatic heterocycles. The van der Waals surface area contributed by atoms with E-state index in [1.165, 1.54) is 11.7 Å². The van der Waals surface area contributed by atoms with Crippen LogP contribution >= 0.6 is 11.3 Å². The Morgan fingerprint density at radius 2 is 2.05 bits per heavy atom. The molecule has 0 aliphatic carbocycles. The lowest BCUT2D eigenvalue weighted by molar-refractivity contribution is 0.259. The molecule has 0 saturated carbocycles. The topological polar surface area (TPSA) is 119 Å². The molecule has 0 aliphatic rings. The normalized spacial score (nSPS) is 12.4. The van der Waals surface area contributed by atoms with E-state index in [1.54, 1.807) is 24.3 Å². The monoisotopic (exact) mass is 313 g/mol. The SMILES string of the molecule is Cn1nc(S(N)(=O)=O)s/c1=N\C(=O)Nc1ccccc1. The number of nitrogens with one attached hydrogen (secondary N) is 1. The molecule has 3 N–H and O–H groups in total. The van der Waals surface area contributed by atoms with Crippen LogP contribution in [0.15, 0.2) is 39.7 Å². The number of amides is 2. The number of primary sulfonamides is 1. The van der Waals surface area contributed by atoms with E-state index in [-0.39, 0.29) is 9.14 Å². The van der Waals surface area contributed by atoms with Crippen LogP contribution in [0.1, 0.15) is 0 Å². The van der Waals surface area contributed by atoms with Crippen molar-refractivity contribution in [2.45, 2.75) is 4.34 Å². The number of para-hydroxylation sites is 1. The molecule has 1 heterocycles. The molecule has 0 fully saturated rings. The number of urea groups is 1. The highest BCUT2D eigenvalue weighted by atomic mass is 32.2. The van der Waals surface area contributed by atoms with Crippen LogP contribution in [-0.2, 0) is 17.1 Å². The summed E-state index contributed by atoms with van der Waals surface area (Å²) >= 11 is 0.717. The van der Waals surface area contributed by atoms with Crippen LogP contribution in [0.25, 0.3) is 0 Å². The van der Waals surface area contributed by atoms with Gasteiger partial charge in [-0.2, -0.15) is 4.99 Å². The number of benzene rings is 1. The fourth-order valence-electron chi connectivity index (χ4n) is 1.30. The molecule has 8 nitrogen and oxygen atoms in total. The van der Waals surface area contributed by atoms with Gasteiger partial charge < -0.3 is 5.32 Å². The zero-order valence-corrected chi connectivity index (χ0v) is 12.0. The van der Waals surface area contributed by atoms with Crippen LogP contribution in [0.5, 0.6) is 0 Å². The van der Waals surface area contributed by atoms with Crippen molar-refractivity contribution in [2.75, 3.05) is 5.32 Å². The number of nitrogens with zero attached hydrogens (tertiary/aromatic N) is 3. The van der Waals surface area contributed by atoms with Crippen LogP contribution < -0.4 is 15.3 Å². The van der Waals surface area contributed by atoms with Crippen molar-refractivity contribution >= 4 is 33.1 Å². The first-order valence-corrected chi connectivity index (χ1v) is 7.70. The van der Waals surface area contributed by atoms with Gasteiger partial charge in [-0.1, -0.05) is 29.5 Å². The van der Waals surface area contributed by atoms with E-state index in [0.717, 1.165) is 0 Å². The van der Waals surface area contributed by atoms with E-state index < -0.39 is 16.1 Å². The molecule has 0 spiro atoms. The van der Waals surface area contributed by atoms with Crippen LogP contribution in [0, 0.1) is 0 Å². The second kappa shape index (κ2) is 5.53. The first kappa shape index (κ1) is 14.4. The van der Waals surface area contributed by atoms with Gasteiger partial charge in [-0.25, -0.2) is 23.0 Å². The van der Waals surface area contributed by atoms with Crippen molar-refractivity contribution in [1.29, 1.82) is 0 Å². The van der Waals surface area contributed by atoms with E-state index in [4.69, 9.17) is 5.14 Å². The number of nitrogens with two attached hydrogens (primary N) is 1. The van der Waals surface area contributed by atoms with Crippen molar-refractivity contribution in [3.8, 4) is 0 Å². The molecule has 0 unspecified atom stereocenters. The third-order valence-electron chi connectivity index (χ3n) is 2.15. The highest BCUT2D eigenvalue weighted by Gasteiger charge is 2.14. The van der Waals surface area contributed by atoms with Gasteiger partial charge in [-0.05, 0) is 12.1 Å². The molecule has 0 bridgehead atoms. The minimum atomic E-state index is -3.90. The maximum Gasteiger partial charge on any atom is 0.348 e. The van der Waals surface area contributed by atoms with Crippen molar-refractivity contribution in [2.24, 2.45) is 17.2 Å². The van der Waals surface area contributed by atoms with Gasteiger partial charge in [0.1, 0.15) is 0 Å². The average molecular weight is 313 g/mol. The second-order valence-electron chi connectivity index (χ2n) is 3.73. The number of anilines is 1. The van der Waals surface area contributed by atoms with Crippen molar-refractivity contribution in [1.82, 2.24) is 9.78 Å². The molecule has 0 atom stereocenters. The Labute approximate surface area is 118 Å². The number of sulfonamides is 1. The number of carbonyl (C=O) groups is 1. The molecule has 2 aromatic rings. The standard InChI is InChI=1S/C10H11N5O3S2/c1-15-9(19-10(14-15)20(11,17)18)13-8(16)12-7-5-3-2-4-6-7/h2-6H,1H3,(H,12,16)(H2,11,17,18)/b13-9-. The summed E-state index contributed by atoms with van der Waals surface area (Å²) in [6.45, 7) is 0. The number of hydrogen-bond acceptors (Lipinski definition) is 5. The maximum atomic E-state index is 11.7. The Morgan fingerprint density at radius 3 is 2.60 bits per heavy atom. The minimum absolute atomic E-state index is 0.127. The van der Waals surface area contributed by atoms with Gasteiger partial charge in [0.2, 0.25) is 9.14 Å². The number of aryl methyl sites for hydroxylation is 1. The average Bonchev–Trinajstić information content (AvgIpc) is 2.72. The van der Waals surface area contributed by atoms with Gasteiger partial charge in [0, 0.05) is 12.7 Å². The molecule has 10 heteroatoms. The molecule has 1 aromatic carbocycles. The van der Waals surface area contributed by atoms with Gasteiger partial charge >= 0.3 is 6.03 Å². The maximum absolute atomic E-state index is 11.7. The minimum Gasteiger partial charge on any atom is -0.306 e. The zero-order chi connectivity index (χ0) is 14.8. The van der Waals surface area contributed by atoms with Gasteiger partial charge in [-0.15, -0.1) is 5.10 Å². The van der Waals surface area contributed by atoms with E-state index in [0.29, 0.717) is 17.0 Å². The van der Waals surface area contributed by atoms with Crippen molar-refractivity contribution in [3.63, 3.8) is 0 Å². The van der Waals surface area contributed by atoms with E-state index in [9.17, 15) is 13.2 Å². The first-order valence-electron chi connectivity index (χ1n) is 5.34. The fourth-order valence-corrected chi connectivity index (χ4v) is 2.85. The first-order chi connectivity index (χ1) is 9.36. The number of carbonyl (C=O) groups excluding carboxylic acids is 1. The Bertz CT molecular complexity index is 792. The number of rotatable bonds is 2. The van der Waals surface area contributed by atoms with Crippen LogP contribution in [0.4, 0.5) is 10.5 Å². The second-order valence-corrected chi connectivity index (χ2v) is 6.42. The summed E-state index contributed by atoms with van der Waals surface area (Å²) < 4.78 is 23.2. The Hall–Kier alpha value is -2.04. The molecular formula is C10H11N5O3S2. The van der Waals surface area contributed by atoms with E-state index >= 15 is 0 Å². The highest BCUT2D eigenvalue weighted by Crippen LogP contribution is 2.06. The quantitative estimate of drug-likeness (QED) is 0.826. The molecule has 20 heavy (non-hydrogen) atoms. The number of hydrogen-bond donors (Lipinski definition) is 2. The molecule has 0 saturated heterocycles. The molecule has 106 valence electrons. The largest absolute Gasteiger partial charge is 0.348 e. The van der Waals surface area contributed by atoms with Crippen LogP contribution in [0.3, 0.4) is 0 Å². The van der Waals surface area contributed by atoms with Crippen LogP contribution in [0.2, 0.25) is 0 Å². The molecule has 0 radical (unpaired) electrons. The molecular weight excluding hydrogens is 302 g/mol. The Kier molecular flexibility index (Phi) is 3.97. The smallest absolute Gasteiger partial charge is 0.306 e. The lowest BCUT2D eigenvalue weighted by Gasteiger charge is -1.99. The molecule has 0 aliphatic heterocycles. The van der Waals surface area contributed by atoms with E-state index in [1.807, 2.05) is 6.07 Å². The summed E-state index contributed by atoms with van der Waals surface area (Å²) in [6.07, 6.45) is 0. The van der Waals surface area contributed by atoms with Crippen molar-refractivity contribution in [3.05, 3.63) is 35.1 Å². The van der Waals surface area contributed by atoms with Gasteiger partial charge in [0.05, 0.1) is 0 Å². The lowest BCUT2D eigenvalue weighted by Crippen LogP contribution is -2.17. The third-order valence-corrected chi connectivity index (χ3v) is 4.46. The predicted octanol–water partition coefficient (Wildman–Crippen LogP) is 0.262. The Balaban J connectivity index is 2.27. The highest BCUT2D eigenvalue weighted by molar-refractivity contribution is 7.91. The van der Waals surface area contributed by atoms with E-state index in [2.05, 4.69) is 15.4 Å². The zero-order valence-electron chi connectivity index (χ0n) is 10.3. The number of aromatic nitrogens is 2. The van der Waals surface area contributed by atoms with Gasteiger partial charge in [0.25, 0.3) is 10.0 Å². The Morgan fingerprint density at radius 1 is 1.40 bits per heavy atom. The van der Waals surface area contributed by atoms with Gasteiger partial charge in [0.15, 0.2) is 0 Å². The third kappa shape index (κ3) is 3.50. The summed E-state index contributed by atoms with van der Waals surface area (Å²) in [5.74, 6) is 0. The summed E-state index contributed by atoms with van der Waals surface area (Å²) in [6, 6.07) is 8.12. The summed E-state index contributed by atoms with van der Waals surface area (Å²) in [5, 5.41) is 11.2. The summed E-state index contributed by atoms with van der Waals surface area (Å²) in [5.41, 5.74) is 0.583. The van der Waals surface area contributed by atoms with Gasteiger partial charge in [-0.3, -0.25) is 0 Å². The summed E-state index contributed by atoms with van der Waals surface area (Å²) in [7, 11) is -2.43. The summed E-state index contributed by atoms with van der Waals surface area (Å²) in [4.78, 5) is 15.6. The van der Waals surface area contributed by atoms with Crippen molar-refractivity contribution < 1.29 is 13.2 Å². The predicted molar refractivity (Wildman–Crippen MR) is 73.5 cm³/mol. The molecule has 2 amide bonds.